The molecular formula is C20H27N5O4S3. The molecule has 9 nitrogen and oxygen atoms in total. The molecule has 2 aromatic heterocycles. The number of hydrogen-bond acceptors (Lipinski definition) is 8. The van der Waals surface area contributed by atoms with Crippen LogP contribution in [-0.4, -0.2) is 76.3 Å². The lowest BCUT2D eigenvalue weighted by atomic mass is 10.2. The minimum atomic E-state index is -3.06. The number of likely N-dealkylation sites (N-methyl/N-ethyl adjacent to an activating group) is 1. The molecule has 1 N–H and O–H groups in total. The Balaban J connectivity index is 1.32. The highest BCUT2D eigenvalue weighted by molar-refractivity contribution is 7.99. The monoisotopic (exact) mass is 497 g/mol. The minimum absolute atomic E-state index is 0.0285. The Bertz CT molecular complexity index is 1060. The van der Waals surface area contributed by atoms with Gasteiger partial charge in [-0.25, -0.2) is 8.42 Å². The maximum atomic E-state index is 12.8. The van der Waals surface area contributed by atoms with Gasteiger partial charge in [-0.05, 0) is 37.6 Å². The van der Waals surface area contributed by atoms with Crippen molar-refractivity contribution in [2.75, 3.05) is 30.3 Å². The lowest BCUT2D eigenvalue weighted by Crippen LogP contribution is -2.45. The fraction of sp³-hybridized carbons (Fsp3) is 0.600. The molecule has 2 amide bonds. The summed E-state index contributed by atoms with van der Waals surface area (Å²) in [5.41, 5.74) is 0. The van der Waals surface area contributed by atoms with Crippen LogP contribution in [0.3, 0.4) is 0 Å². The fourth-order valence-corrected chi connectivity index (χ4v) is 7.05. The van der Waals surface area contributed by atoms with E-state index in [4.69, 9.17) is 0 Å². The van der Waals surface area contributed by atoms with Gasteiger partial charge in [0.05, 0.1) is 23.8 Å². The molecule has 1 aliphatic carbocycles. The molecule has 0 bridgehead atoms. The molecule has 0 radical (unpaired) electrons. The van der Waals surface area contributed by atoms with Crippen LogP contribution in [0.1, 0.15) is 42.9 Å². The maximum Gasteiger partial charge on any atom is 0.239 e. The van der Waals surface area contributed by atoms with Gasteiger partial charge in [0.1, 0.15) is 5.82 Å². The van der Waals surface area contributed by atoms with Crippen molar-refractivity contribution in [3.8, 4) is 0 Å². The smallest absolute Gasteiger partial charge is 0.239 e. The van der Waals surface area contributed by atoms with Gasteiger partial charge in [0.25, 0.3) is 0 Å². The number of thiophene rings is 1. The first-order valence-electron chi connectivity index (χ1n) is 10.7. The van der Waals surface area contributed by atoms with E-state index in [-0.39, 0.29) is 41.7 Å². The number of carbonyl (C=O) groups excluding carboxylic acids is 2. The Labute approximate surface area is 195 Å². The summed E-state index contributed by atoms with van der Waals surface area (Å²) in [7, 11) is -3.06. The number of thioether (sulfide) groups is 1. The second-order valence-electron chi connectivity index (χ2n) is 8.12. The van der Waals surface area contributed by atoms with Crippen LogP contribution < -0.4 is 5.32 Å². The van der Waals surface area contributed by atoms with Crippen molar-refractivity contribution in [1.29, 1.82) is 0 Å². The number of rotatable bonds is 10. The molecule has 12 heteroatoms. The summed E-state index contributed by atoms with van der Waals surface area (Å²) in [4.78, 5) is 27.8. The Kier molecular flexibility index (Phi) is 7.21. The van der Waals surface area contributed by atoms with Crippen LogP contribution in [0, 0.1) is 0 Å². The highest BCUT2D eigenvalue weighted by atomic mass is 32.2. The molecule has 1 atom stereocenters. The Hall–Kier alpha value is -1.92. The van der Waals surface area contributed by atoms with Crippen molar-refractivity contribution in [3.05, 3.63) is 28.2 Å². The summed E-state index contributed by atoms with van der Waals surface area (Å²) in [6.45, 7) is 2.14. The van der Waals surface area contributed by atoms with Gasteiger partial charge in [-0.3, -0.25) is 9.59 Å². The molecule has 2 aliphatic rings. The summed E-state index contributed by atoms with van der Waals surface area (Å²) < 4.78 is 25.3. The van der Waals surface area contributed by atoms with Gasteiger partial charge in [-0.1, -0.05) is 17.8 Å². The zero-order valence-electron chi connectivity index (χ0n) is 17.9. The molecule has 1 aliphatic heterocycles. The summed E-state index contributed by atoms with van der Waals surface area (Å²) in [5.74, 6) is 0.676. The van der Waals surface area contributed by atoms with Crippen molar-refractivity contribution in [2.45, 2.75) is 49.8 Å². The van der Waals surface area contributed by atoms with Crippen molar-refractivity contribution in [2.24, 2.45) is 0 Å². The van der Waals surface area contributed by atoms with Crippen molar-refractivity contribution in [3.63, 3.8) is 0 Å². The Morgan fingerprint density at radius 3 is 2.75 bits per heavy atom. The molecule has 1 saturated carbocycles. The SMILES string of the molecule is CCN(CC(=O)NC1CCS(=O)(=O)C1)C(=O)CSc1nnc(Cc2cccs2)n1C1CC1. The van der Waals surface area contributed by atoms with Crippen molar-refractivity contribution < 1.29 is 18.0 Å². The van der Waals surface area contributed by atoms with Crippen LogP contribution in [0.25, 0.3) is 0 Å². The number of hydrogen-bond donors (Lipinski definition) is 1. The van der Waals surface area contributed by atoms with Gasteiger partial charge in [-0.15, -0.1) is 21.5 Å². The van der Waals surface area contributed by atoms with Crippen molar-refractivity contribution in [1.82, 2.24) is 25.0 Å². The third kappa shape index (κ3) is 5.90. The average molecular weight is 498 g/mol. The van der Waals surface area contributed by atoms with Gasteiger partial charge >= 0.3 is 0 Å². The average Bonchev–Trinajstić information content (AvgIpc) is 3.14. The van der Waals surface area contributed by atoms with E-state index in [2.05, 4.69) is 26.1 Å². The predicted octanol–water partition coefficient (Wildman–Crippen LogP) is 1.51. The Morgan fingerprint density at radius 1 is 1.31 bits per heavy atom. The van der Waals surface area contributed by atoms with Crippen LogP contribution >= 0.6 is 23.1 Å². The van der Waals surface area contributed by atoms with E-state index >= 15 is 0 Å². The first-order chi connectivity index (χ1) is 15.3. The van der Waals surface area contributed by atoms with E-state index < -0.39 is 9.84 Å². The van der Waals surface area contributed by atoms with Crippen LogP contribution in [-0.2, 0) is 25.8 Å². The molecule has 4 rings (SSSR count). The highest BCUT2D eigenvalue weighted by Gasteiger charge is 2.31. The number of nitrogens with zero attached hydrogens (tertiary/aromatic N) is 4. The van der Waals surface area contributed by atoms with Crippen LogP contribution in [0.15, 0.2) is 22.7 Å². The first kappa shape index (κ1) is 23.2. The quantitative estimate of drug-likeness (QED) is 0.495. The largest absolute Gasteiger partial charge is 0.351 e. The second kappa shape index (κ2) is 9.92. The number of nitrogens with one attached hydrogen (secondary N) is 1. The zero-order valence-corrected chi connectivity index (χ0v) is 20.3. The molecule has 32 heavy (non-hydrogen) atoms. The third-order valence-electron chi connectivity index (χ3n) is 5.55. The standard InChI is InChI=1S/C20H27N5O4S3/c1-2-24(11-18(26)21-14-7-9-32(28,29)13-14)19(27)12-31-20-23-22-17(25(20)15-5-6-15)10-16-4-3-8-30-16/h3-4,8,14-15H,2,5-7,9-13H2,1H3,(H,21,26). The first-order valence-corrected chi connectivity index (χ1v) is 14.4. The minimum Gasteiger partial charge on any atom is -0.351 e. The van der Waals surface area contributed by atoms with E-state index in [9.17, 15) is 18.0 Å². The lowest BCUT2D eigenvalue weighted by Gasteiger charge is -2.21. The Morgan fingerprint density at radius 2 is 2.12 bits per heavy atom. The zero-order chi connectivity index (χ0) is 22.7. The molecule has 2 fully saturated rings. The van der Waals surface area contributed by atoms with Gasteiger partial charge in [0, 0.05) is 29.9 Å². The third-order valence-corrected chi connectivity index (χ3v) is 9.12. The summed E-state index contributed by atoms with van der Waals surface area (Å²) in [5, 5.41) is 14.2. The number of amides is 2. The molecule has 0 spiro atoms. The van der Waals surface area contributed by atoms with Crippen LogP contribution in [0.2, 0.25) is 0 Å². The van der Waals surface area contributed by atoms with E-state index in [1.807, 2.05) is 18.4 Å². The molecule has 1 saturated heterocycles. The second-order valence-corrected chi connectivity index (χ2v) is 12.3. The van der Waals surface area contributed by atoms with E-state index in [0.29, 0.717) is 19.0 Å². The number of aromatic nitrogens is 3. The van der Waals surface area contributed by atoms with E-state index in [1.165, 1.54) is 21.5 Å². The van der Waals surface area contributed by atoms with Crippen molar-refractivity contribution >= 4 is 44.8 Å². The van der Waals surface area contributed by atoms with Gasteiger partial charge < -0.3 is 14.8 Å². The summed E-state index contributed by atoms with van der Waals surface area (Å²) in [6.07, 6.45) is 3.34. The van der Waals surface area contributed by atoms with Crippen LogP contribution in [0.4, 0.5) is 0 Å². The molecule has 0 aromatic carbocycles. The predicted molar refractivity (Wildman–Crippen MR) is 124 cm³/mol. The highest BCUT2D eigenvalue weighted by Crippen LogP contribution is 2.39. The topological polar surface area (TPSA) is 114 Å². The molecule has 3 heterocycles. The lowest BCUT2D eigenvalue weighted by molar-refractivity contribution is -0.134. The van der Waals surface area contributed by atoms with Gasteiger partial charge in [0.2, 0.25) is 11.8 Å². The number of sulfone groups is 1. The van der Waals surface area contributed by atoms with E-state index in [0.717, 1.165) is 30.2 Å². The van der Waals surface area contributed by atoms with Gasteiger partial charge in [-0.2, -0.15) is 0 Å². The summed E-state index contributed by atoms with van der Waals surface area (Å²) in [6, 6.07) is 4.13. The van der Waals surface area contributed by atoms with E-state index in [1.54, 1.807) is 11.3 Å². The fourth-order valence-electron chi connectivity index (χ4n) is 3.74. The number of carbonyl (C=O) groups is 2. The molecule has 174 valence electrons. The normalized spacial score (nSPS) is 19.7. The molecule has 2 aromatic rings. The van der Waals surface area contributed by atoms with Crippen LogP contribution in [0.5, 0.6) is 0 Å². The molecular weight excluding hydrogens is 470 g/mol. The molecule has 1 unspecified atom stereocenters. The maximum absolute atomic E-state index is 12.8. The van der Waals surface area contributed by atoms with Gasteiger partial charge in [0.15, 0.2) is 15.0 Å². The summed E-state index contributed by atoms with van der Waals surface area (Å²) >= 11 is 3.04.